The molecule has 1 unspecified atom stereocenters. The maximum atomic E-state index is 12.1. The van der Waals surface area contributed by atoms with Crippen LogP contribution in [0.5, 0.6) is 5.75 Å². The third-order valence-corrected chi connectivity index (χ3v) is 5.02. The molecule has 1 aliphatic rings. The molecule has 1 aromatic rings. The number of halogens is 1. The van der Waals surface area contributed by atoms with Crippen LogP contribution in [0, 0.1) is 0 Å². The van der Waals surface area contributed by atoms with Gasteiger partial charge in [0.15, 0.2) is 0 Å². The van der Waals surface area contributed by atoms with Crippen LogP contribution in [-0.2, 0) is 18.8 Å². The summed E-state index contributed by atoms with van der Waals surface area (Å²) in [5.41, 5.74) is -0.672. The second-order valence-corrected chi connectivity index (χ2v) is 7.32. The lowest BCUT2D eigenvalue weighted by molar-refractivity contribution is -0.143. The second kappa shape index (κ2) is 6.94. The summed E-state index contributed by atoms with van der Waals surface area (Å²) < 4.78 is 17.2. The monoisotopic (exact) mass is 354 g/mol. The molecule has 0 spiro atoms. The van der Waals surface area contributed by atoms with Crippen molar-refractivity contribution in [1.29, 1.82) is 0 Å². The molecule has 24 heavy (non-hydrogen) atoms. The van der Waals surface area contributed by atoms with Crippen LogP contribution in [0.2, 0.25) is 5.02 Å². The number of phenolic OH excluding ortho intramolecular Hbond substituents is 1. The Kier molecular flexibility index (Phi) is 5.52. The van der Waals surface area contributed by atoms with E-state index in [4.69, 9.17) is 25.6 Å². The fourth-order valence-corrected chi connectivity index (χ4v) is 2.99. The van der Waals surface area contributed by atoms with Crippen LogP contribution < -0.4 is 0 Å². The van der Waals surface area contributed by atoms with Gasteiger partial charge >= 0.3 is 13.1 Å². The molecule has 1 heterocycles. The summed E-state index contributed by atoms with van der Waals surface area (Å²) in [4.78, 5) is 12.1. The third kappa shape index (κ3) is 3.71. The molecular weight excluding hydrogens is 330 g/mol. The van der Waals surface area contributed by atoms with Crippen LogP contribution in [0.3, 0.4) is 0 Å². The van der Waals surface area contributed by atoms with Crippen molar-refractivity contribution in [2.45, 2.75) is 58.1 Å². The molecule has 7 heteroatoms. The number of phenols is 1. The number of hydrogen-bond donors (Lipinski definition) is 1. The van der Waals surface area contributed by atoms with Crippen molar-refractivity contribution in [2.24, 2.45) is 0 Å². The van der Waals surface area contributed by atoms with Gasteiger partial charge in [0.05, 0.1) is 24.2 Å². The van der Waals surface area contributed by atoms with Crippen molar-refractivity contribution in [2.75, 3.05) is 6.61 Å². The van der Waals surface area contributed by atoms with Crippen molar-refractivity contribution in [1.82, 2.24) is 0 Å². The van der Waals surface area contributed by atoms with Gasteiger partial charge in [-0.1, -0.05) is 17.7 Å². The van der Waals surface area contributed by atoms with Gasteiger partial charge in [-0.3, -0.25) is 4.79 Å². The van der Waals surface area contributed by atoms with Crippen molar-refractivity contribution >= 4 is 24.7 Å². The first-order valence-corrected chi connectivity index (χ1v) is 8.45. The highest BCUT2D eigenvalue weighted by molar-refractivity contribution is 6.48. The largest absolute Gasteiger partial charge is 0.508 e. The molecule has 1 N–H and O–H groups in total. The summed E-state index contributed by atoms with van der Waals surface area (Å²) in [6.45, 7) is 9.75. The fraction of sp³-hybridized carbons (Fsp3) is 0.588. The molecule has 0 aromatic heterocycles. The van der Waals surface area contributed by atoms with Gasteiger partial charge in [-0.05, 0) is 46.8 Å². The van der Waals surface area contributed by atoms with Crippen LogP contribution in [0.4, 0.5) is 0 Å². The van der Waals surface area contributed by atoms with Gasteiger partial charge in [0, 0.05) is 16.4 Å². The molecule has 0 radical (unpaired) electrons. The number of aromatic hydroxyl groups is 1. The SMILES string of the molecule is CCOC(=O)CC(B1OC(C)(C)C(C)(C)O1)c1c(O)cccc1Cl. The maximum absolute atomic E-state index is 12.1. The maximum Gasteiger partial charge on any atom is 0.466 e. The first-order chi connectivity index (χ1) is 11.1. The molecule has 2 rings (SSSR count). The smallest absolute Gasteiger partial charge is 0.466 e. The van der Waals surface area contributed by atoms with Crippen LogP contribution in [0.1, 0.15) is 52.4 Å². The van der Waals surface area contributed by atoms with Crippen LogP contribution >= 0.6 is 11.6 Å². The molecule has 1 saturated heterocycles. The van der Waals surface area contributed by atoms with Crippen LogP contribution in [-0.4, -0.2) is 36.0 Å². The first kappa shape index (κ1) is 19.1. The van der Waals surface area contributed by atoms with E-state index in [1.54, 1.807) is 19.1 Å². The Morgan fingerprint density at radius 3 is 2.38 bits per heavy atom. The van der Waals surface area contributed by atoms with Gasteiger partial charge in [-0.2, -0.15) is 0 Å². The zero-order chi connectivity index (χ0) is 18.1. The van der Waals surface area contributed by atoms with E-state index in [9.17, 15) is 9.90 Å². The number of rotatable bonds is 5. The number of esters is 1. The van der Waals surface area contributed by atoms with Gasteiger partial charge in [0.2, 0.25) is 0 Å². The van der Waals surface area contributed by atoms with Gasteiger partial charge in [0.1, 0.15) is 5.75 Å². The highest BCUT2D eigenvalue weighted by atomic mass is 35.5. The second-order valence-electron chi connectivity index (χ2n) is 6.91. The number of carbonyl (C=O) groups excluding carboxylic acids is 1. The quantitative estimate of drug-likeness (QED) is 0.645. The minimum atomic E-state index is -0.717. The van der Waals surface area contributed by atoms with E-state index in [1.165, 1.54) is 6.07 Å². The Bertz CT molecular complexity index is 581. The molecule has 0 aliphatic carbocycles. The third-order valence-electron chi connectivity index (χ3n) is 4.69. The predicted molar refractivity (Wildman–Crippen MR) is 93.2 cm³/mol. The number of ether oxygens (including phenoxy) is 1. The minimum absolute atomic E-state index is 0.00194. The predicted octanol–water partition coefficient (Wildman–Crippen LogP) is 3.71. The lowest BCUT2D eigenvalue weighted by atomic mass is 9.66. The van der Waals surface area contributed by atoms with Gasteiger partial charge in [-0.15, -0.1) is 0 Å². The van der Waals surface area contributed by atoms with Crippen molar-refractivity contribution in [3.8, 4) is 5.75 Å². The average Bonchev–Trinajstić information content (AvgIpc) is 2.66. The molecule has 1 atom stereocenters. The summed E-state index contributed by atoms with van der Waals surface area (Å²) in [6.07, 6.45) is 0.00194. The molecule has 1 aliphatic heterocycles. The summed E-state index contributed by atoms with van der Waals surface area (Å²) >= 11 is 6.28. The molecule has 1 aromatic carbocycles. The van der Waals surface area contributed by atoms with E-state index in [2.05, 4.69) is 0 Å². The van der Waals surface area contributed by atoms with E-state index < -0.39 is 30.1 Å². The Morgan fingerprint density at radius 1 is 1.29 bits per heavy atom. The highest BCUT2D eigenvalue weighted by Gasteiger charge is 2.55. The summed E-state index contributed by atoms with van der Waals surface area (Å²) in [6, 6.07) is 4.84. The zero-order valence-electron chi connectivity index (χ0n) is 14.8. The van der Waals surface area contributed by atoms with Crippen molar-refractivity contribution < 1.29 is 23.9 Å². The van der Waals surface area contributed by atoms with E-state index >= 15 is 0 Å². The molecule has 5 nitrogen and oxygen atoms in total. The van der Waals surface area contributed by atoms with E-state index in [1.807, 2.05) is 27.7 Å². The van der Waals surface area contributed by atoms with Gasteiger partial charge in [-0.25, -0.2) is 0 Å². The number of benzene rings is 1. The van der Waals surface area contributed by atoms with Crippen molar-refractivity contribution in [3.05, 3.63) is 28.8 Å². The molecule has 0 bridgehead atoms. The topological polar surface area (TPSA) is 65.0 Å². The van der Waals surface area contributed by atoms with Crippen LogP contribution in [0.15, 0.2) is 18.2 Å². The van der Waals surface area contributed by atoms with E-state index in [0.29, 0.717) is 10.6 Å². The fourth-order valence-electron chi connectivity index (χ4n) is 2.68. The molecule has 132 valence electrons. The molecule has 1 fully saturated rings. The Labute approximate surface area is 148 Å². The number of carbonyl (C=O) groups is 1. The standard InChI is InChI=1S/C17H24BClO5/c1-6-22-14(21)10-11(15-12(19)8-7-9-13(15)20)18-23-16(2,3)17(4,5)24-18/h7-9,11,20H,6,10H2,1-5H3. The number of hydrogen-bond acceptors (Lipinski definition) is 5. The summed E-state index contributed by atoms with van der Waals surface area (Å²) in [5.74, 6) is -0.957. The Hall–Kier alpha value is -1.24. The zero-order valence-corrected chi connectivity index (χ0v) is 15.5. The average molecular weight is 355 g/mol. The molecular formula is C17H24BClO5. The molecule has 0 amide bonds. The van der Waals surface area contributed by atoms with E-state index in [0.717, 1.165) is 0 Å². The van der Waals surface area contributed by atoms with Gasteiger partial charge < -0.3 is 19.2 Å². The first-order valence-electron chi connectivity index (χ1n) is 8.07. The highest BCUT2D eigenvalue weighted by Crippen LogP contribution is 2.44. The van der Waals surface area contributed by atoms with Crippen molar-refractivity contribution in [3.63, 3.8) is 0 Å². The molecule has 0 saturated carbocycles. The summed E-state index contributed by atoms with van der Waals surface area (Å²) in [7, 11) is -0.717. The lowest BCUT2D eigenvalue weighted by Crippen LogP contribution is -2.41. The van der Waals surface area contributed by atoms with Crippen LogP contribution in [0.25, 0.3) is 0 Å². The minimum Gasteiger partial charge on any atom is -0.508 e. The Morgan fingerprint density at radius 2 is 1.88 bits per heavy atom. The lowest BCUT2D eigenvalue weighted by Gasteiger charge is -2.32. The normalized spacial score (nSPS) is 20.0. The Balaban J connectivity index is 2.40. The summed E-state index contributed by atoms with van der Waals surface area (Å²) in [5, 5.41) is 10.6. The van der Waals surface area contributed by atoms with E-state index in [-0.39, 0.29) is 18.8 Å². The van der Waals surface area contributed by atoms with Gasteiger partial charge in [0.25, 0.3) is 0 Å².